The highest BCUT2D eigenvalue weighted by Gasteiger charge is 2.26. The van der Waals surface area contributed by atoms with Crippen LogP contribution < -0.4 is 0 Å². The molecule has 1 fully saturated rings. The Kier molecular flexibility index (Phi) is 4.84. The van der Waals surface area contributed by atoms with Gasteiger partial charge in [0, 0.05) is 10.7 Å². The van der Waals surface area contributed by atoms with Gasteiger partial charge in [-0.15, -0.1) is 0 Å². The fourth-order valence-electron chi connectivity index (χ4n) is 2.07. The highest BCUT2D eigenvalue weighted by atomic mass is 28.3. The standard InChI is InChI=1S/C17H22N2OSi/c1-17(2,3)21(20)19-16(10-9-13-7-8-13)15-6-4-5-14(11-15)12-18/h4-6,11,13H,7-10H2,1-3H3/b19-16+. The lowest BCUT2D eigenvalue weighted by atomic mass is 10.0. The molecule has 3 nitrogen and oxygen atoms in total. The molecule has 0 N–H and O–H groups in total. The van der Waals surface area contributed by atoms with Crippen molar-refractivity contribution < 1.29 is 4.46 Å². The van der Waals surface area contributed by atoms with Crippen LogP contribution in [0.25, 0.3) is 0 Å². The van der Waals surface area contributed by atoms with Gasteiger partial charge in [-0.2, -0.15) is 5.26 Å². The quantitative estimate of drug-likeness (QED) is 0.602. The molecule has 0 amide bonds. The highest BCUT2D eigenvalue weighted by molar-refractivity contribution is 6.47. The van der Waals surface area contributed by atoms with Crippen LogP contribution in [0.2, 0.25) is 5.04 Å². The maximum absolute atomic E-state index is 12.4. The van der Waals surface area contributed by atoms with Gasteiger partial charge in [-0.1, -0.05) is 45.7 Å². The molecule has 0 spiro atoms. The van der Waals surface area contributed by atoms with Gasteiger partial charge in [0.15, 0.2) is 0 Å². The molecule has 1 aliphatic carbocycles. The molecule has 0 unspecified atom stereocenters. The minimum Gasteiger partial charge on any atom is -0.357 e. The Morgan fingerprint density at radius 1 is 1.43 bits per heavy atom. The maximum Gasteiger partial charge on any atom is 0.424 e. The number of nitriles is 1. The van der Waals surface area contributed by atoms with E-state index < -0.39 is 8.84 Å². The zero-order valence-corrected chi connectivity index (χ0v) is 14.0. The van der Waals surface area contributed by atoms with Gasteiger partial charge in [0.2, 0.25) is 0 Å². The minimum absolute atomic E-state index is 0.289. The van der Waals surface area contributed by atoms with E-state index in [1.54, 1.807) is 6.07 Å². The Morgan fingerprint density at radius 2 is 2.14 bits per heavy atom. The van der Waals surface area contributed by atoms with Gasteiger partial charge in [0.05, 0.1) is 11.6 Å². The molecule has 1 saturated carbocycles. The SMILES string of the molecule is CC(C)(C)[Si](=O)/N=C(\CCC1CC1)c1cccc(C#N)c1. The first kappa shape index (κ1) is 15.8. The molecular weight excluding hydrogens is 276 g/mol. The third kappa shape index (κ3) is 4.71. The van der Waals surface area contributed by atoms with Crippen LogP contribution in [0.15, 0.2) is 28.9 Å². The fraction of sp³-hybridized carbons (Fsp3) is 0.529. The molecule has 2 rings (SSSR count). The highest BCUT2D eigenvalue weighted by Crippen LogP contribution is 2.34. The van der Waals surface area contributed by atoms with Crippen LogP contribution in [0.4, 0.5) is 0 Å². The van der Waals surface area contributed by atoms with Crippen molar-refractivity contribution in [1.29, 1.82) is 5.26 Å². The van der Waals surface area contributed by atoms with Crippen molar-refractivity contribution in [1.82, 2.24) is 0 Å². The molecule has 1 aliphatic rings. The molecular formula is C17H22N2OSi. The Bertz CT molecular complexity index is 604. The summed E-state index contributed by atoms with van der Waals surface area (Å²) in [5.41, 5.74) is 2.47. The van der Waals surface area contributed by atoms with Crippen LogP contribution >= 0.6 is 0 Å². The van der Waals surface area contributed by atoms with Crippen LogP contribution in [0.3, 0.4) is 0 Å². The lowest BCUT2D eigenvalue weighted by Gasteiger charge is -2.13. The van der Waals surface area contributed by atoms with Crippen LogP contribution in [-0.2, 0) is 4.46 Å². The molecule has 1 aromatic rings. The first-order valence-electron chi connectivity index (χ1n) is 7.52. The number of rotatable bonds is 5. The van der Waals surface area contributed by atoms with E-state index >= 15 is 0 Å². The Hall–Kier alpha value is -1.60. The van der Waals surface area contributed by atoms with Crippen LogP contribution in [0, 0.1) is 17.2 Å². The maximum atomic E-state index is 12.4. The van der Waals surface area contributed by atoms with E-state index in [1.807, 2.05) is 39.0 Å². The molecule has 0 aliphatic heterocycles. The molecule has 1 aromatic carbocycles. The van der Waals surface area contributed by atoms with Crippen molar-refractivity contribution in [2.75, 3.05) is 0 Å². The van der Waals surface area contributed by atoms with Crippen molar-refractivity contribution in [3.05, 3.63) is 35.4 Å². The fourth-order valence-corrected chi connectivity index (χ4v) is 2.89. The molecule has 110 valence electrons. The number of hydrogen-bond donors (Lipinski definition) is 0. The van der Waals surface area contributed by atoms with Gasteiger partial charge in [-0.3, -0.25) is 4.66 Å². The van der Waals surface area contributed by atoms with E-state index in [4.69, 9.17) is 5.26 Å². The summed E-state index contributed by atoms with van der Waals surface area (Å²) >= 11 is 0. The first-order valence-corrected chi connectivity index (χ1v) is 8.88. The van der Waals surface area contributed by atoms with Gasteiger partial charge < -0.3 is 4.46 Å². The van der Waals surface area contributed by atoms with Crippen LogP contribution in [-0.4, -0.2) is 14.6 Å². The van der Waals surface area contributed by atoms with Crippen molar-refractivity contribution in [2.45, 2.75) is 51.5 Å². The van der Waals surface area contributed by atoms with E-state index in [-0.39, 0.29) is 5.04 Å². The summed E-state index contributed by atoms with van der Waals surface area (Å²) in [7, 11) is -2.04. The average Bonchev–Trinajstić information content (AvgIpc) is 3.26. The van der Waals surface area contributed by atoms with E-state index in [1.165, 1.54) is 12.8 Å². The predicted octanol–water partition coefficient (Wildman–Crippen LogP) is 4.26. The summed E-state index contributed by atoms with van der Waals surface area (Å²) in [6.45, 7) is 5.88. The van der Waals surface area contributed by atoms with E-state index in [9.17, 15) is 4.46 Å². The third-order valence-electron chi connectivity index (χ3n) is 3.69. The van der Waals surface area contributed by atoms with Crippen LogP contribution in [0.5, 0.6) is 0 Å². The summed E-state index contributed by atoms with van der Waals surface area (Å²) in [6, 6.07) is 9.63. The van der Waals surface area contributed by atoms with Gasteiger partial charge in [-0.05, 0) is 36.5 Å². The molecule has 4 heteroatoms. The molecule has 0 heterocycles. The van der Waals surface area contributed by atoms with Crippen molar-refractivity contribution >= 4 is 14.6 Å². The second kappa shape index (κ2) is 6.44. The first-order chi connectivity index (χ1) is 9.90. The van der Waals surface area contributed by atoms with Gasteiger partial charge in [0.25, 0.3) is 0 Å². The van der Waals surface area contributed by atoms with Crippen LogP contribution in [0.1, 0.15) is 57.6 Å². The molecule has 0 atom stereocenters. The van der Waals surface area contributed by atoms with Gasteiger partial charge >= 0.3 is 8.84 Å². The number of benzene rings is 1. The predicted molar refractivity (Wildman–Crippen MR) is 85.8 cm³/mol. The largest absolute Gasteiger partial charge is 0.424 e. The lowest BCUT2D eigenvalue weighted by molar-refractivity contribution is 0.526. The van der Waals surface area contributed by atoms with E-state index in [2.05, 4.69) is 10.7 Å². The molecule has 0 saturated heterocycles. The summed E-state index contributed by atoms with van der Waals surface area (Å²) in [4.78, 5) is 0. The van der Waals surface area contributed by atoms with Crippen molar-refractivity contribution in [2.24, 2.45) is 10.6 Å². The smallest absolute Gasteiger partial charge is 0.357 e. The topological polar surface area (TPSA) is 53.2 Å². The van der Waals surface area contributed by atoms with E-state index in [0.29, 0.717) is 5.56 Å². The summed E-state index contributed by atoms with van der Waals surface area (Å²) < 4.78 is 16.9. The average molecular weight is 298 g/mol. The molecule has 21 heavy (non-hydrogen) atoms. The normalized spacial score (nSPS) is 15.6. The minimum atomic E-state index is -2.04. The Morgan fingerprint density at radius 3 is 2.71 bits per heavy atom. The Balaban J connectivity index is 2.27. The zero-order chi connectivity index (χ0) is 15.5. The number of hydrogen-bond acceptors (Lipinski definition) is 2. The lowest BCUT2D eigenvalue weighted by Crippen LogP contribution is -2.17. The van der Waals surface area contributed by atoms with Gasteiger partial charge in [0.1, 0.15) is 0 Å². The third-order valence-corrected chi connectivity index (χ3v) is 5.45. The van der Waals surface area contributed by atoms with Crippen molar-refractivity contribution in [3.8, 4) is 6.07 Å². The number of nitrogens with zero attached hydrogens (tertiary/aromatic N) is 2. The second-order valence-electron chi connectivity index (χ2n) is 6.79. The summed E-state index contributed by atoms with van der Waals surface area (Å²) in [6.07, 6.45) is 4.57. The summed E-state index contributed by atoms with van der Waals surface area (Å²) in [5, 5.41) is 8.75. The molecule has 0 radical (unpaired) electrons. The monoisotopic (exact) mass is 298 g/mol. The molecule has 0 bridgehead atoms. The van der Waals surface area contributed by atoms with E-state index in [0.717, 1.165) is 30.0 Å². The zero-order valence-electron chi connectivity index (χ0n) is 13.0. The Labute approximate surface area is 128 Å². The summed E-state index contributed by atoms with van der Waals surface area (Å²) in [5.74, 6) is 0.811. The second-order valence-corrected chi connectivity index (χ2v) is 9.12. The molecule has 0 aromatic heterocycles. The van der Waals surface area contributed by atoms with Gasteiger partial charge in [-0.25, -0.2) is 0 Å². The van der Waals surface area contributed by atoms with Crippen molar-refractivity contribution in [3.63, 3.8) is 0 Å².